The molecule has 1 nitrogen and oxygen atoms in total. The number of benzene rings is 8. The first-order chi connectivity index (χ1) is 25.9. The predicted octanol–water partition coefficient (Wildman–Crippen LogP) is 10.5. The van der Waals surface area contributed by atoms with Gasteiger partial charge in [-0.3, -0.25) is 0 Å². The molecule has 3 aliphatic rings. The molecule has 0 saturated heterocycles. The van der Waals surface area contributed by atoms with Crippen LogP contribution in [0.2, 0.25) is 19.6 Å². The highest BCUT2D eigenvalue weighted by Crippen LogP contribution is 2.47. The zero-order valence-corrected chi connectivity index (χ0v) is 32.7. The fourth-order valence-electron chi connectivity index (χ4n) is 10.3. The summed E-state index contributed by atoms with van der Waals surface area (Å²) in [6.07, 6.45) is 0. The van der Waals surface area contributed by atoms with Crippen molar-refractivity contribution < 1.29 is 0 Å². The first-order valence-electron chi connectivity index (χ1n) is 18.7. The zero-order chi connectivity index (χ0) is 35.2. The second-order valence-electron chi connectivity index (χ2n) is 15.8. The zero-order valence-electron chi connectivity index (χ0n) is 29.9. The minimum absolute atomic E-state index is 1.26. The predicted molar refractivity (Wildman–Crippen MR) is 235 cm³/mol. The average molecular weight is 726 g/mol. The van der Waals surface area contributed by atoms with Crippen molar-refractivity contribution >= 4 is 101 Å². The Bertz CT molecular complexity index is 3080. The lowest BCUT2D eigenvalue weighted by atomic mass is 9.98. The third kappa shape index (κ3) is 3.80. The number of thiophene rings is 1. The van der Waals surface area contributed by atoms with Gasteiger partial charge in [0, 0.05) is 37.2 Å². The summed E-state index contributed by atoms with van der Waals surface area (Å²) < 4.78 is 2.76. The number of nitrogens with zero attached hydrogens (tertiary/aromatic N) is 1. The van der Waals surface area contributed by atoms with E-state index in [0.717, 1.165) is 0 Å². The molecule has 0 spiro atoms. The van der Waals surface area contributed by atoms with Gasteiger partial charge in [-0.1, -0.05) is 135 Å². The highest BCUT2D eigenvalue weighted by atomic mass is 32.1. The van der Waals surface area contributed by atoms with E-state index < -0.39 is 16.1 Å². The van der Waals surface area contributed by atoms with Gasteiger partial charge >= 0.3 is 0 Å². The second kappa shape index (κ2) is 10.3. The molecule has 0 aliphatic carbocycles. The highest BCUT2D eigenvalue weighted by molar-refractivity contribution is 7.26. The second-order valence-corrected chi connectivity index (χ2v) is 25.1. The Morgan fingerprint density at radius 3 is 2.15 bits per heavy atom. The molecule has 0 amide bonds. The van der Waals surface area contributed by atoms with Gasteiger partial charge in [0.1, 0.15) is 8.07 Å². The fourth-order valence-corrected chi connectivity index (χ4v) is 19.1. The lowest BCUT2D eigenvalue weighted by Gasteiger charge is -2.41. The van der Waals surface area contributed by atoms with Gasteiger partial charge in [-0.05, 0) is 113 Å². The van der Waals surface area contributed by atoms with Gasteiger partial charge in [0.05, 0.1) is 0 Å². The summed E-state index contributed by atoms with van der Waals surface area (Å²) in [6, 6.07) is 60.6. The Kier molecular flexibility index (Phi) is 5.84. The first-order valence-corrected chi connectivity index (χ1v) is 25.0. The van der Waals surface area contributed by atoms with Crippen molar-refractivity contribution in [2.45, 2.75) is 19.6 Å². The van der Waals surface area contributed by atoms with Crippen LogP contribution in [0, 0.1) is 0 Å². The number of anilines is 3. The van der Waals surface area contributed by atoms with E-state index in [9.17, 15) is 0 Å². The molecule has 12 rings (SSSR count). The van der Waals surface area contributed by atoms with E-state index in [1.54, 1.807) is 15.6 Å². The molecule has 250 valence electrons. The third-order valence-electron chi connectivity index (χ3n) is 12.8. The van der Waals surface area contributed by atoms with Gasteiger partial charge in [-0.25, -0.2) is 0 Å². The number of hydrogen-bond acceptors (Lipinski definition) is 2. The van der Waals surface area contributed by atoms with Gasteiger partial charge in [-0.2, -0.15) is 0 Å². The maximum Gasteiger partial charge on any atom is 0.152 e. The lowest BCUT2D eigenvalue weighted by Crippen LogP contribution is -2.66. The molecule has 0 fully saturated rings. The SMILES string of the molecule is C[Si]1(C)c2cc(N3c4cc(-c5ccc6ccccc6c5)ccc4[Si]4(C)c5ccccc5-c5cccc3c54)ccc2-c2c1ccc1sc3ccccc3c21. The van der Waals surface area contributed by atoms with E-state index in [1.165, 1.54) is 91.8 Å². The maximum absolute atomic E-state index is 2.63. The van der Waals surface area contributed by atoms with E-state index in [4.69, 9.17) is 0 Å². The smallest absolute Gasteiger partial charge is 0.152 e. The van der Waals surface area contributed by atoms with Crippen LogP contribution >= 0.6 is 11.3 Å². The monoisotopic (exact) mass is 725 g/mol. The van der Waals surface area contributed by atoms with Crippen molar-refractivity contribution in [2.24, 2.45) is 0 Å². The van der Waals surface area contributed by atoms with Gasteiger partial charge in [0.2, 0.25) is 0 Å². The van der Waals surface area contributed by atoms with Crippen molar-refractivity contribution in [1.29, 1.82) is 0 Å². The summed E-state index contributed by atoms with van der Waals surface area (Å²) in [5, 5.41) is 13.1. The van der Waals surface area contributed by atoms with E-state index in [1.807, 2.05) is 11.3 Å². The van der Waals surface area contributed by atoms with E-state index >= 15 is 0 Å². The van der Waals surface area contributed by atoms with Crippen molar-refractivity contribution in [3.05, 3.63) is 158 Å². The van der Waals surface area contributed by atoms with Gasteiger partial charge < -0.3 is 4.90 Å². The molecule has 9 aromatic rings. The van der Waals surface area contributed by atoms with Crippen molar-refractivity contribution in [2.75, 3.05) is 4.90 Å². The van der Waals surface area contributed by atoms with Crippen LogP contribution < -0.4 is 30.8 Å². The first kappa shape index (κ1) is 30.0. The molecule has 8 aromatic carbocycles. The highest BCUT2D eigenvalue weighted by Gasteiger charge is 2.50. The van der Waals surface area contributed by atoms with Crippen molar-refractivity contribution in [3.63, 3.8) is 0 Å². The van der Waals surface area contributed by atoms with Crippen LogP contribution in [-0.2, 0) is 0 Å². The largest absolute Gasteiger partial charge is 0.311 e. The van der Waals surface area contributed by atoms with Crippen LogP contribution in [-0.4, -0.2) is 16.1 Å². The molecular weight excluding hydrogens is 691 g/mol. The van der Waals surface area contributed by atoms with Crippen LogP contribution in [0.1, 0.15) is 0 Å². The van der Waals surface area contributed by atoms with E-state index in [0.29, 0.717) is 0 Å². The quantitative estimate of drug-likeness (QED) is 0.160. The van der Waals surface area contributed by atoms with Crippen LogP contribution in [0.5, 0.6) is 0 Å². The molecule has 4 heteroatoms. The minimum Gasteiger partial charge on any atom is -0.311 e. The van der Waals surface area contributed by atoms with Crippen LogP contribution in [0.3, 0.4) is 0 Å². The van der Waals surface area contributed by atoms with E-state index in [-0.39, 0.29) is 0 Å². The Balaban J connectivity index is 1.12. The summed E-state index contributed by atoms with van der Waals surface area (Å²) in [5.41, 5.74) is 12.2. The summed E-state index contributed by atoms with van der Waals surface area (Å²) in [6.45, 7) is 7.72. The molecule has 4 heterocycles. The molecule has 3 aliphatic heterocycles. The van der Waals surface area contributed by atoms with Crippen molar-refractivity contribution in [3.8, 4) is 33.4 Å². The Morgan fingerprint density at radius 2 is 1.23 bits per heavy atom. The van der Waals surface area contributed by atoms with Gasteiger partial charge in [-0.15, -0.1) is 11.3 Å². The normalized spacial score (nSPS) is 17.2. The standard InChI is InChI=1S/C49H35NSSi2/c1-52(2)45-26-24-42-47(37-14-6-8-17-41(37)51-42)48(45)38-23-22-34(29-46(38)52)50-39-16-10-15-36-35-13-7-9-18-43(35)53(3,49(36)39)44-25-21-33(28-40(44)50)32-20-19-30-11-4-5-12-31(30)27-32/h4-29H,1-3H3. The number of rotatable bonds is 2. The molecule has 0 saturated carbocycles. The minimum atomic E-state index is -2.30. The van der Waals surface area contributed by atoms with E-state index in [2.05, 4.69) is 182 Å². The molecule has 0 N–H and O–H groups in total. The molecule has 1 unspecified atom stereocenters. The van der Waals surface area contributed by atoms with Gasteiger partial charge in [0.15, 0.2) is 8.07 Å². The molecule has 0 bridgehead atoms. The van der Waals surface area contributed by atoms with Crippen LogP contribution in [0.15, 0.2) is 158 Å². The summed E-state index contributed by atoms with van der Waals surface area (Å²) in [5.74, 6) is 0. The number of hydrogen-bond donors (Lipinski definition) is 0. The Labute approximate surface area is 315 Å². The third-order valence-corrected chi connectivity index (χ3v) is 22.0. The summed E-state index contributed by atoms with van der Waals surface area (Å²) in [4.78, 5) is 2.63. The maximum atomic E-state index is 2.63. The molecule has 0 radical (unpaired) electrons. The van der Waals surface area contributed by atoms with Crippen LogP contribution in [0.25, 0.3) is 64.3 Å². The molecule has 1 atom stereocenters. The fraction of sp³-hybridized carbons (Fsp3) is 0.0612. The molecule has 53 heavy (non-hydrogen) atoms. The molecular formula is C49H35NSSi2. The Hall–Kier alpha value is -5.53. The molecule has 1 aromatic heterocycles. The number of fused-ring (bicyclic) bond motifs is 13. The summed E-state index contributed by atoms with van der Waals surface area (Å²) >= 11 is 1.93. The Morgan fingerprint density at radius 1 is 0.472 bits per heavy atom. The summed E-state index contributed by atoms with van der Waals surface area (Å²) in [7, 11) is -4.32. The average Bonchev–Trinajstić information content (AvgIpc) is 3.79. The lowest BCUT2D eigenvalue weighted by molar-refractivity contribution is 1.29. The van der Waals surface area contributed by atoms with Gasteiger partial charge in [0.25, 0.3) is 0 Å². The topological polar surface area (TPSA) is 3.24 Å². The van der Waals surface area contributed by atoms with Crippen molar-refractivity contribution in [1.82, 2.24) is 0 Å². The van der Waals surface area contributed by atoms with Crippen LogP contribution in [0.4, 0.5) is 17.1 Å².